The molecule has 2 atom stereocenters. The number of H-pyrrole nitrogens is 1. The Labute approximate surface area is 166 Å². The van der Waals surface area contributed by atoms with Gasteiger partial charge in [0.1, 0.15) is 11.9 Å². The van der Waals surface area contributed by atoms with Crippen LogP contribution in [0.4, 0.5) is 0 Å². The summed E-state index contributed by atoms with van der Waals surface area (Å²) in [4.78, 5) is 5.85. The fourth-order valence-corrected chi connectivity index (χ4v) is 4.22. The number of aliphatic hydroxyl groups is 1. The van der Waals surface area contributed by atoms with Crippen molar-refractivity contribution in [3.8, 4) is 5.75 Å². The monoisotopic (exact) mass is 376 g/mol. The molecule has 1 fully saturated rings. The first-order valence-corrected chi connectivity index (χ1v) is 9.94. The van der Waals surface area contributed by atoms with Gasteiger partial charge in [-0.15, -0.1) is 0 Å². The van der Waals surface area contributed by atoms with E-state index in [1.54, 1.807) is 7.11 Å². The number of aliphatic hydroxyl groups excluding tert-OH is 1. The quantitative estimate of drug-likeness (QED) is 0.636. The number of benzene rings is 2. The number of likely N-dealkylation sites (tertiary alicyclic amines) is 1. The molecule has 1 aliphatic rings. The average Bonchev–Trinajstić information content (AvgIpc) is 3.18. The van der Waals surface area contributed by atoms with Gasteiger partial charge in [-0.05, 0) is 55.1 Å². The molecule has 0 saturated carbocycles. The molecule has 2 N–H and O–H groups in total. The molecule has 2 heterocycles. The minimum Gasteiger partial charge on any atom is -0.497 e. The molecule has 2 aromatic carbocycles. The number of aromatic nitrogens is 1. The molecular weight excluding hydrogens is 348 g/mol. The number of aromatic amines is 1. The molecule has 1 unspecified atom stereocenters. The van der Waals surface area contributed by atoms with Crippen LogP contribution in [-0.2, 0) is 6.54 Å². The zero-order valence-corrected chi connectivity index (χ0v) is 16.6. The Kier molecular flexibility index (Phi) is 5.51. The normalized spacial score (nSPS) is 20.5. The van der Waals surface area contributed by atoms with E-state index in [0.29, 0.717) is 0 Å². The Morgan fingerprint density at radius 2 is 2.00 bits per heavy atom. The molecule has 0 radical (unpaired) electrons. The minimum absolute atomic E-state index is 0.158. The number of ether oxygens (including phenoxy) is 1. The maximum absolute atomic E-state index is 11.1. The van der Waals surface area contributed by atoms with Crippen LogP contribution in [0.3, 0.4) is 0 Å². The second kappa shape index (κ2) is 8.21. The Morgan fingerprint density at radius 3 is 2.71 bits per heavy atom. The van der Waals surface area contributed by atoms with Gasteiger partial charge in [-0.25, -0.2) is 0 Å². The third-order valence-electron chi connectivity index (χ3n) is 5.83. The number of fused-ring (bicyclic) bond motifs is 1. The van der Waals surface area contributed by atoms with E-state index >= 15 is 0 Å². The SMILES string of the molecule is C/C=C1/CN(Cc2ccc(OC)cc2)CC[C@H]1C(O)c1cc2ccccc2[nH]1. The van der Waals surface area contributed by atoms with Gasteiger partial charge < -0.3 is 14.8 Å². The van der Waals surface area contributed by atoms with E-state index in [0.717, 1.165) is 48.4 Å². The van der Waals surface area contributed by atoms with Crippen LogP contribution < -0.4 is 4.74 Å². The summed E-state index contributed by atoms with van der Waals surface area (Å²) in [6, 6.07) is 18.5. The standard InChI is InChI=1S/C24H28N2O2/c1-3-18-16-26(15-17-8-10-20(28-2)11-9-17)13-12-21(18)24(27)23-14-19-6-4-5-7-22(19)25-23/h3-11,14,21,24-25,27H,12-13,15-16H2,1-2H3/b18-3-/t21-,24?/m1/s1. The van der Waals surface area contributed by atoms with Crippen LogP contribution in [0.15, 0.2) is 66.2 Å². The van der Waals surface area contributed by atoms with Crippen molar-refractivity contribution in [3.05, 3.63) is 77.5 Å². The highest BCUT2D eigenvalue weighted by atomic mass is 16.5. The summed E-state index contributed by atoms with van der Waals surface area (Å²) < 4.78 is 5.24. The summed E-state index contributed by atoms with van der Waals surface area (Å²) in [7, 11) is 1.69. The summed E-state index contributed by atoms with van der Waals surface area (Å²) in [6.45, 7) is 4.86. The molecule has 1 aromatic heterocycles. The van der Waals surface area contributed by atoms with Crippen molar-refractivity contribution >= 4 is 10.9 Å². The number of allylic oxidation sites excluding steroid dienone is 1. The van der Waals surface area contributed by atoms with Gasteiger partial charge in [0, 0.05) is 30.2 Å². The Hall–Kier alpha value is -2.56. The zero-order chi connectivity index (χ0) is 19.5. The lowest BCUT2D eigenvalue weighted by molar-refractivity contribution is 0.0875. The number of methoxy groups -OCH3 is 1. The van der Waals surface area contributed by atoms with Gasteiger partial charge in [-0.1, -0.05) is 42.0 Å². The Balaban J connectivity index is 1.45. The number of nitrogens with one attached hydrogen (secondary N) is 1. The van der Waals surface area contributed by atoms with Gasteiger partial charge in [-0.2, -0.15) is 0 Å². The molecule has 4 heteroatoms. The topological polar surface area (TPSA) is 48.5 Å². The van der Waals surface area contributed by atoms with Crippen molar-refractivity contribution in [2.45, 2.75) is 26.0 Å². The highest BCUT2D eigenvalue weighted by molar-refractivity contribution is 5.80. The summed E-state index contributed by atoms with van der Waals surface area (Å²) in [5.74, 6) is 1.04. The van der Waals surface area contributed by atoms with Crippen molar-refractivity contribution in [2.24, 2.45) is 5.92 Å². The van der Waals surface area contributed by atoms with Crippen LogP contribution in [0.25, 0.3) is 10.9 Å². The van der Waals surface area contributed by atoms with Gasteiger partial charge >= 0.3 is 0 Å². The second-order valence-electron chi connectivity index (χ2n) is 7.57. The molecule has 1 saturated heterocycles. The second-order valence-corrected chi connectivity index (χ2v) is 7.57. The van der Waals surface area contributed by atoms with Crippen LogP contribution in [0.2, 0.25) is 0 Å². The lowest BCUT2D eigenvalue weighted by atomic mass is 9.84. The minimum atomic E-state index is -0.498. The highest BCUT2D eigenvalue weighted by Crippen LogP contribution is 2.35. The maximum atomic E-state index is 11.1. The van der Waals surface area contributed by atoms with Crippen LogP contribution in [0.1, 0.15) is 30.7 Å². The van der Waals surface area contributed by atoms with Gasteiger partial charge in [0.2, 0.25) is 0 Å². The van der Waals surface area contributed by atoms with E-state index < -0.39 is 6.10 Å². The molecule has 1 aliphatic heterocycles. The Morgan fingerprint density at radius 1 is 1.21 bits per heavy atom. The van der Waals surface area contributed by atoms with Gasteiger partial charge in [-0.3, -0.25) is 4.90 Å². The number of nitrogens with zero attached hydrogens (tertiary/aromatic N) is 1. The number of hydrogen-bond acceptors (Lipinski definition) is 3. The number of para-hydroxylation sites is 1. The maximum Gasteiger partial charge on any atom is 0.118 e. The predicted molar refractivity (Wildman–Crippen MR) is 113 cm³/mol. The van der Waals surface area contributed by atoms with E-state index in [9.17, 15) is 5.11 Å². The summed E-state index contributed by atoms with van der Waals surface area (Å²) in [5.41, 5.74) is 4.58. The number of rotatable bonds is 5. The van der Waals surface area contributed by atoms with Crippen LogP contribution in [-0.4, -0.2) is 35.2 Å². The fourth-order valence-electron chi connectivity index (χ4n) is 4.22. The summed E-state index contributed by atoms with van der Waals surface area (Å²) in [6.07, 6.45) is 2.63. The predicted octanol–water partition coefficient (Wildman–Crippen LogP) is 4.68. The van der Waals surface area contributed by atoms with Crippen LogP contribution in [0, 0.1) is 5.92 Å². The van der Waals surface area contributed by atoms with E-state index in [4.69, 9.17) is 4.74 Å². The molecule has 0 amide bonds. The smallest absolute Gasteiger partial charge is 0.118 e. The molecule has 0 bridgehead atoms. The molecular formula is C24H28N2O2. The van der Waals surface area contributed by atoms with E-state index in [2.05, 4.69) is 53.2 Å². The molecule has 4 nitrogen and oxygen atoms in total. The van der Waals surface area contributed by atoms with Crippen molar-refractivity contribution in [2.75, 3.05) is 20.2 Å². The Bertz CT molecular complexity index is 925. The lowest BCUT2D eigenvalue weighted by Gasteiger charge is -2.36. The van der Waals surface area contributed by atoms with Crippen LogP contribution in [0.5, 0.6) is 5.75 Å². The van der Waals surface area contributed by atoms with Gasteiger partial charge in [0.05, 0.1) is 7.11 Å². The highest BCUT2D eigenvalue weighted by Gasteiger charge is 2.30. The lowest BCUT2D eigenvalue weighted by Crippen LogP contribution is -2.37. The largest absolute Gasteiger partial charge is 0.497 e. The molecule has 28 heavy (non-hydrogen) atoms. The average molecular weight is 377 g/mol. The third-order valence-corrected chi connectivity index (χ3v) is 5.83. The van der Waals surface area contributed by atoms with E-state index in [-0.39, 0.29) is 5.92 Å². The van der Waals surface area contributed by atoms with Gasteiger partial charge in [0.25, 0.3) is 0 Å². The van der Waals surface area contributed by atoms with Crippen molar-refractivity contribution in [3.63, 3.8) is 0 Å². The fraction of sp³-hybridized carbons (Fsp3) is 0.333. The first-order chi connectivity index (χ1) is 13.7. The molecule has 4 rings (SSSR count). The molecule has 0 spiro atoms. The third kappa shape index (κ3) is 3.84. The number of hydrogen-bond donors (Lipinski definition) is 2. The van der Waals surface area contributed by atoms with Crippen LogP contribution >= 0.6 is 0 Å². The van der Waals surface area contributed by atoms with E-state index in [1.165, 1.54) is 11.1 Å². The zero-order valence-electron chi connectivity index (χ0n) is 16.6. The summed E-state index contributed by atoms with van der Waals surface area (Å²) >= 11 is 0. The molecule has 3 aromatic rings. The molecule has 146 valence electrons. The number of piperidine rings is 1. The summed E-state index contributed by atoms with van der Waals surface area (Å²) in [5, 5.41) is 12.2. The molecule has 0 aliphatic carbocycles. The van der Waals surface area contributed by atoms with E-state index in [1.807, 2.05) is 24.3 Å². The van der Waals surface area contributed by atoms with Crippen molar-refractivity contribution in [1.82, 2.24) is 9.88 Å². The first kappa shape index (κ1) is 18.8. The van der Waals surface area contributed by atoms with Gasteiger partial charge in [0.15, 0.2) is 0 Å². The van der Waals surface area contributed by atoms with Crippen molar-refractivity contribution < 1.29 is 9.84 Å². The first-order valence-electron chi connectivity index (χ1n) is 9.94. The van der Waals surface area contributed by atoms with Crippen molar-refractivity contribution in [1.29, 1.82) is 0 Å².